The molecule has 2 aliphatic rings. The van der Waals surface area contributed by atoms with Gasteiger partial charge in [-0.2, -0.15) is 0 Å². The second kappa shape index (κ2) is 8.36. The average molecular weight is 385 g/mol. The van der Waals surface area contributed by atoms with Crippen LogP contribution in [0.4, 0.5) is 0 Å². The zero-order valence-electron chi connectivity index (χ0n) is 16.1. The molecule has 1 spiro atoms. The lowest BCUT2D eigenvalue weighted by atomic mass is 9.73. The highest BCUT2D eigenvalue weighted by molar-refractivity contribution is 5.77. The Morgan fingerprint density at radius 1 is 1.25 bits per heavy atom. The van der Waals surface area contributed by atoms with E-state index in [-0.39, 0.29) is 17.9 Å². The first kappa shape index (κ1) is 19.0. The molecule has 1 atom stereocenters. The number of nitrogens with zero attached hydrogens (tertiary/aromatic N) is 5. The van der Waals surface area contributed by atoms with E-state index in [4.69, 9.17) is 9.52 Å². The molecule has 4 heterocycles. The molecule has 2 aromatic heterocycles. The van der Waals surface area contributed by atoms with Gasteiger partial charge in [-0.05, 0) is 44.4 Å². The number of hydrogen-bond acceptors (Lipinski definition) is 7. The summed E-state index contributed by atoms with van der Waals surface area (Å²) < 4.78 is 5.84. The van der Waals surface area contributed by atoms with E-state index in [1.807, 2.05) is 17.0 Å². The number of rotatable bonds is 6. The van der Waals surface area contributed by atoms with Gasteiger partial charge in [-0.25, -0.2) is 0 Å². The molecule has 2 fully saturated rings. The van der Waals surface area contributed by atoms with Gasteiger partial charge in [0.15, 0.2) is 0 Å². The smallest absolute Gasteiger partial charge is 0.249 e. The van der Waals surface area contributed by atoms with Crippen LogP contribution in [0.1, 0.15) is 38.0 Å². The lowest BCUT2D eigenvalue weighted by Gasteiger charge is -2.48. The minimum Gasteiger partial charge on any atom is -0.419 e. The number of amides is 1. The van der Waals surface area contributed by atoms with E-state index in [0.717, 1.165) is 44.5 Å². The van der Waals surface area contributed by atoms with Crippen LogP contribution < -0.4 is 0 Å². The molecule has 4 rings (SSSR count). The molecule has 0 radical (unpaired) electrons. The molecule has 0 bridgehead atoms. The van der Waals surface area contributed by atoms with Gasteiger partial charge in [0.25, 0.3) is 0 Å². The molecule has 0 aliphatic carbocycles. The molecule has 28 heavy (non-hydrogen) atoms. The van der Waals surface area contributed by atoms with Crippen molar-refractivity contribution in [1.82, 2.24) is 25.0 Å². The quantitative estimate of drug-likeness (QED) is 0.809. The number of aromatic nitrogens is 3. The monoisotopic (exact) mass is 385 g/mol. The minimum absolute atomic E-state index is 0.124. The van der Waals surface area contributed by atoms with Crippen molar-refractivity contribution in [3.05, 3.63) is 30.4 Å². The Hall–Kier alpha value is -2.32. The second-order valence-electron chi connectivity index (χ2n) is 7.95. The van der Waals surface area contributed by atoms with Crippen molar-refractivity contribution in [1.29, 1.82) is 0 Å². The zero-order chi connectivity index (χ0) is 19.4. The molecule has 2 aliphatic heterocycles. The normalized spacial score (nSPS) is 23.5. The van der Waals surface area contributed by atoms with Crippen molar-refractivity contribution in [3.63, 3.8) is 0 Å². The summed E-state index contributed by atoms with van der Waals surface area (Å²) in [5.74, 6) is 1.32. The number of piperidine rings is 2. The third-order valence-electron chi connectivity index (χ3n) is 5.81. The van der Waals surface area contributed by atoms with Gasteiger partial charge in [-0.3, -0.25) is 14.7 Å². The van der Waals surface area contributed by atoms with Crippen LogP contribution in [-0.2, 0) is 11.3 Å². The van der Waals surface area contributed by atoms with Crippen molar-refractivity contribution >= 4 is 5.91 Å². The summed E-state index contributed by atoms with van der Waals surface area (Å²) in [6.07, 6.45) is 7.85. The Bertz CT molecular complexity index is 796. The first-order valence-corrected chi connectivity index (χ1v) is 10.0. The van der Waals surface area contributed by atoms with E-state index in [1.54, 1.807) is 12.4 Å². The van der Waals surface area contributed by atoms with Crippen LogP contribution in [0.25, 0.3) is 11.5 Å². The molecule has 1 N–H and O–H groups in total. The standard InChI is InChI=1S/C20H27N5O3/c26-11-3-10-25-15-20(7-5-18(25)27)6-2-9-24(14-20)13-17-22-23-19(28-17)16-4-1-8-21-12-16/h1,4,8,12,26H,2-3,5-7,9-11,13-15H2. The van der Waals surface area contributed by atoms with Crippen LogP contribution in [0.5, 0.6) is 0 Å². The van der Waals surface area contributed by atoms with Crippen molar-refractivity contribution in [2.75, 3.05) is 32.8 Å². The lowest BCUT2D eigenvalue weighted by molar-refractivity contribution is -0.139. The summed E-state index contributed by atoms with van der Waals surface area (Å²) in [6, 6.07) is 3.75. The molecule has 1 unspecified atom stereocenters. The van der Waals surface area contributed by atoms with Gasteiger partial charge >= 0.3 is 0 Å². The Kier molecular flexibility index (Phi) is 5.68. The SMILES string of the molecule is O=C1CCC2(CCCN(Cc3nnc(-c4cccnc4)o3)C2)CN1CCCO. The van der Waals surface area contributed by atoms with Gasteiger partial charge in [-0.1, -0.05) is 0 Å². The summed E-state index contributed by atoms with van der Waals surface area (Å²) in [4.78, 5) is 20.6. The van der Waals surface area contributed by atoms with Crippen LogP contribution in [0.3, 0.4) is 0 Å². The number of hydrogen-bond donors (Lipinski definition) is 1. The molecule has 2 aromatic rings. The summed E-state index contributed by atoms with van der Waals surface area (Å²) in [6.45, 7) is 4.11. The first-order valence-electron chi connectivity index (χ1n) is 10.0. The van der Waals surface area contributed by atoms with E-state index < -0.39 is 0 Å². The predicted molar refractivity (Wildman–Crippen MR) is 102 cm³/mol. The van der Waals surface area contributed by atoms with Crippen molar-refractivity contribution < 1.29 is 14.3 Å². The van der Waals surface area contributed by atoms with Crippen molar-refractivity contribution in [2.24, 2.45) is 5.41 Å². The van der Waals surface area contributed by atoms with Crippen molar-refractivity contribution in [2.45, 2.75) is 38.6 Å². The number of carbonyl (C=O) groups excluding carboxylic acids is 1. The highest BCUT2D eigenvalue weighted by atomic mass is 16.4. The van der Waals surface area contributed by atoms with Gasteiger partial charge in [0, 0.05) is 50.5 Å². The Labute approximate surface area is 164 Å². The highest BCUT2D eigenvalue weighted by Gasteiger charge is 2.41. The van der Waals surface area contributed by atoms with E-state index in [1.165, 1.54) is 0 Å². The number of aliphatic hydroxyl groups is 1. The summed E-state index contributed by atoms with van der Waals surface area (Å²) in [5.41, 5.74) is 0.954. The van der Waals surface area contributed by atoms with Gasteiger partial charge in [0.1, 0.15) is 0 Å². The molecule has 1 amide bonds. The van der Waals surface area contributed by atoms with E-state index in [9.17, 15) is 4.79 Å². The Balaban J connectivity index is 1.40. The molecule has 0 saturated carbocycles. The Morgan fingerprint density at radius 3 is 3.00 bits per heavy atom. The maximum absolute atomic E-state index is 12.2. The molecular weight excluding hydrogens is 358 g/mol. The van der Waals surface area contributed by atoms with Gasteiger partial charge in [0.05, 0.1) is 12.1 Å². The number of likely N-dealkylation sites (tertiary alicyclic amines) is 2. The summed E-state index contributed by atoms with van der Waals surface area (Å²) in [5, 5.41) is 17.5. The Morgan fingerprint density at radius 2 is 2.18 bits per heavy atom. The van der Waals surface area contributed by atoms with Gasteiger partial charge in [-0.15, -0.1) is 10.2 Å². The van der Waals surface area contributed by atoms with Crippen LogP contribution in [0, 0.1) is 5.41 Å². The van der Waals surface area contributed by atoms with E-state index >= 15 is 0 Å². The van der Waals surface area contributed by atoms with Crippen LogP contribution in [0.2, 0.25) is 0 Å². The largest absolute Gasteiger partial charge is 0.419 e. The molecule has 8 nitrogen and oxygen atoms in total. The third-order valence-corrected chi connectivity index (χ3v) is 5.81. The van der Waals surface area contributed by atoms with E-state index in [0.29, 0.717) is 37.7 Å². The second-order valence-corrected chi connectivity index (χ2v) is 7.95. The molecule has 8 heteroatoms. The van der Waals surface area contributed by atoms with E-state index in [2.05, 4.69) is 20.1 Å². The maximum atomic E-state index is 12.2. The summed E-state index contributed by atoms with van der Waals surface area (Å²) >= 11 is 0. The van der Waals surface area contributed by atoms with Crippen LogP contribution >= 0.6 is 0 Å². The molecule has 0 aromatic carbocycles. The predicted octanol–water partition coefficient (Wildman–Crippen LogP) is 1.72. The zero-order valence-corrected chi connectivity index (χ0v) is 16.1. The average Bonchev–Trinajstić information content (AvgIpc) is 3.18. The first-order chi connectivity index (χ1) is 13.7. The van der Waals surface area contributed by atoms with Crippen LogP contribution in [-0.4, -0.2) is 68.8 Å². The minimum atomic E-state index is 0.124. The lowest BCUT2D eigenvalue weighted by Crippen LogP contribution is -2.54. The topological polar surface area (TPSA) is 95.6 Å². The number of aliphatic hydroxyl groups excluding tert-OH is 1. The highest BCUT2D eigenvalue weighted by Crippen LogP contribution is 2.39. The maximum Gasteiger partial charge on any atom is 0.249 e. The number of carbonyl (C=O) groups is 1. The van der Waals surface area contributed by atoms with Crippen LogP contribution in [0.15, 0.2) is 28.9 Å². The molecular formula is C20H27N5O3. The van der Waals surface area contributed by atoms with Crippen molar-refractivity contribution in [3.8, 4) is 11.5 Å². The molecule has 150 valence electrons. The number of pyridine rings is 1. The summed E-state index contributed by atoms with van der Waals surface area (Å²) in [7, 11) is 0. The van der Waals surface area contributed by atoms with Gasteiger partial charge < -0.3 is 14.4 Å². The fourth-order valence-electron chi connectivity index (χ4n) is 4.46. The molecule has 2 saturated heterocycles. The van der Waals surface area contributed by atoms with Gasteiger partial charge in [0.2, 0.25) is 17.7 Å². The fraction of sp³-hybridized carbons (Fsp3) is 0.600. The fourth-order valence-corrected chi connectivity index (χ4v) is 4.46. The third kappa shape index (κ3) is 4.23.